The van der Waals surface area contributed by atoms with E-state index in [0.717, 1.165) is 11.1 Å². The van der Waals surface area contributed by atoms with Crippen molar-refractivity contribution >= 4 is 54.0 Å². The molecule has 436 valence electrons. The number of hydrogen-bond acceptors (Lipinski definition) is 15. The van der Waals surface area contributed by atoms with Gasteiger partial charge < -0.3 is 72.1 Å². The maximum atomic E-state index is 14.8. The number of nitrogens with zero attached hydrogens (tertiary/aromatic N) is 1. The molecule has 4 aromatic rings. The van der Waals surface area contributed by atoms with Crippen LogP contribution in [0.3, 0.4) is 0 Å². The topological polar surface area (TPSA) is 349 Å². The summed E-state index contributed by atoms with van der Waals surface area (Å²) in [5.74, 6) is -4.14. The van der Waals surface area contributed by atoms with Crippen molar-refractivity contribution in [1.82, 2.24) is 42.5 Å². The molecule has 0 radical (unpaired) electrons. The second kappa shape index (κ2) is 30.3. The Bertz CT molecular complexity index is 2840. The maximum Gasteiger partial charge on any atom is 0.414 e. The van der Waals surface area contributed by atoms with Gasteiger partial charge in [-0.05, 0) is 125 Å². The summed E-state index contributed by atoms with van der Waals surface area (Å²) in [5, 5.41) is 43.2. The number of aromatic hydroxyl groups is 2. The number of alkyl carbamates (subject to hydrolysis) is 4. The van der Waals surface area contributed by atoms with Crippen LogP contribution in [0.4, 0.5) is 19.2 Å². The van der Waals surface area contributed by atoms with Crippen LogP contribution in [-0.2, 0) is 64.2 Å². The number of aliphatic imine (C=N–C) groups is 1. The zero-order valence-electron chi connectivity index (χ0n) is 46.4. The zero-order valence-corrected chi connectivity index (χ0v) is 46.4. The second-order valence-corrected chi connectivity index (χ2v) is 20.9. The van der Waals surface area contributed by atoms with E-state index in [2.05, 4.69) is 47.5 Å². The molecule has 8 amide bonds. The van der Waals surface area contributed by atoms with E-state index in [1.807, 2.05) is 12.1 Å². The first kappa shape index (κ1) is 62.7. The third-order valence-corrected chi connectivity index (χ3v) is 11.9. The molecule has 12 N–H and O–H groups in total. The van der Waals surface area contributed by atoms with Gasteiger partial charge in [-0.25, -0.2) is 19.2 Å². The Labute approximate surface area is 470 Å². The van der Waals surface area contributed by atoms with Gasteiger partial charge in [0.25, 0.3) is 0 Å². The molecule has 1 aliphatic rings. The number of carbonyl (C=O) groups is 8. The average Bonchev–Trinajstić information content (AvgIpc) is 3.54. The lowest BCUT2D eigenvalue weighted by Crippen LogP contribution is -2.59. The molecule has 1 heterocycles. The summed E-state index contributed by atoms with van der Waals surface area (Å²) in [4.78, 5) is 113. The molecule has 0 spiro atoms. The van der Waals surface area contributed by atoms with Crippen LogP contribution in [-0.4, -0.2) is 126 Å². The molecule has 24 heteroatoms. The minimum atomic E-state index is -1.56. The zero-order chi connectivity index (χ0) is 59.1. The number of fused-ring (bicyclic) bond motifs is 5. The maximum absolute atomic E-state index is 14.8. The number of phenols is 2. The van der Waals surface area contributed by atoms with Crippen molar-refractivity contribution in [3.63, 3.8) is 0 Å². The predicted octanol–water partition coefficient (Wildman–Crippen LogP) is 4.58. The van der Waals surface area contributed by atoms with Gasteiger partial charge in [0.05, 0.1) is 0 Å². The molecule has 5 rings (SSSR count). The summed E-state index contributed by atoms with van der Waals surface area (Å²) in [7, 11) is 0. The highest BCUT2D eigenvalue weighted by Gasteiger charge is 2.34. The Morgan fingerprint density at radius 1 is 0.654 bits per heavy atom. The Morgan fingerprint density at radius 2 is 1.20 bits per heavy atom. The van der Waals surface area contributed by atoms with E-state index in [9.17, 15) is 48.6 Å². The van der Waals surface area contributed by atoms with Crippen molar-refractivity contribution in [1.29, 1.82) is 0 Å². The Hall–Kier alpha value is -9.09. The summed E-state index contributed by atoms with van der Waals surface area (Å²) in [6.07, 6.45) is -4.03. The van der Waals surface area contributed by atoms with E-state index < -0.39 is 83.4 Å². The smallest absolute Gasteiger partial charge is 0.414 e. The Morgan fingerprint density at radius 3 is 1.79 bits per heavy atom. The van der Waals surface area contributed by atoms with Gasteiger partial charge in [0, 0.05) is 39.0 Å². The van der Waals surface area contributed by atoms with E-state index in [1.54, 1.807) is 114 Å². The van der Waals surface area contributed by atoms with Gasteiger partial charge in [-0.3, -0.25) is 29.5 Å². The van der Waals surface area contributed by atoms with Crippen molar-refractivity contribution < 1.29 is 67.5 Å². The van der Waals surface area contributed by atoms with Gasteiger partial charge in [-0.15, -0.1) is 0 Å². The lowest BCUT2D eigenvalue weighted by atomic mass is 9.95. The number of benzene rings is 4. The van der Waals surface area contributed by atoms with Crippen molar-refractivity contribution in [3.05, 3.63) is 119 Å². The van der Waals surface area contributed by atoms with E-state index >= 15 is 0 Å². The van der Waals surface area contributed by atoms with Crippen LogP contribution >= 0.6 is 0 Å². The van der Waals surface area contributed by atoms with E-state index in [0.29, 0.717) is 11.1 Å². The first-order chi connectivity index (χ1) is 38.4. The van der Waals surface area contributed by atoms with Crippen LogP contribution in [0.15, 0.2) is 102 Å². The molecule has 4 atom stereocenters. The summed E-state index contributed by atoms with van der Waals surface area (Å²) < 4.78 is 21.3. The lowest BCUT2D eigenvalue weighted by molar-refractivity contribution is -0.134. The van der Waals surface area contributed by atoms with Crippen LogP contribution in [0, 0.1) is 0 Å². The van der Waals surface area contributed by atoms with Crippen LogP contribution in [0.2, 0.25) is 0 Å². The first-order valence-corrected chi connectivity index (χ1v) is 26.4. The minimum Gasteiger partial charge on any atom is -0.508 e. The molecule has 0 saturated carbocycles. The van der Waals surface area contributed by atoms with Crippen molar-refractivity contribution in [2.24, 2.45) is 10.7 Å². The van der Waals surface area contributed by atoms with Crippen LogP contribution in [0.25, 0.3) is 11.1 Å². The number of nitrogens with one attached hydrogen (secondary N) is 8. The molecular formula is C57H74N10O14. The molecule has 0 unspecified atom stereocenters. The van der Waals surface area contributed by atoms with Gasteiger partial charge in [-0.1, -0.05) is 72.8 Å². The quantitative estimate of drug-likeness (QED) is 0.0265. The van der Waals surface area contributed by atoms with Gasteiger partial charge in [0.1, 0.15) is 60.1 Å². The van der Waals surface area contributed by atoms with E-state index in [4.69, 9.17) is 24.7 Å². The fourth-order valence-electron chi connectivity index (χ4n) is 7.98. The molecular weight excluding hydrogens is 1050 g/mol. The first-order valence-electron chi connectivity index (χ1n) is 26.4. The van der Waals surface area contributed by atoms with Crippen LogP contribution in [0.5, 0.6) is 11.5 Å². The summed E-state index contributed by atoms with van der Waals surface area (Å²) >= 11 is 0. The monoisotopic (exact) mass is 1120 g/mol. The standard InChI is InChI=1S/C57H74N10O14/c1-56(2,3)80-53(75)61-26-14-20-42-48(71)65-43(31-39-29-37(21-23-45(39)68)38-22-24-46(69)40(30-38)32-44(50(73)64-42)66-55(77)81-57(4,5)6)49(72)63-41(47(70)59-27-28-62-52(74)78-33-35-15-9-7-10-16-35)19-13-25-60-51(58)67-54(76)79-34-36-17-11-8-12-18-36/h7-12,15-18,21-24,29-30,41-44,68-69H,13-14,19-20,25-28,31-34H2,1-6H3,(H,59,70)(H,61,75)(H,62,74)(H,63,72)(H,64,73)(H,65,71)(H,66,77)(H3,58,60,67,76)/t41-,42-,43-,44-/m0/s1. The van der Waals surface area contributed by atoms with Crippen LogP contribution in [0.1, 0.15) is 89.5 Å². The van der Waals surface area contributed by atoms with Crippen molar-refractivity contribution in [3.8, 4) is 22.6 Å². The van der Waals surface area contributed by atoms with Crippen molar-refractivity contribution in [2.75, 3.05) is 26.2 Å². The van der Waals surface area contributed by atoms with Gasteiger partial charge in [0.2, 0.25) is 23.6 Å². The highest BCUT2D eigenvalue weighted by atomic mass is 16.6. The summed E-state index contributed by atoms with van der Waals surface area (Å²) in [6, 6.07) is 21.3. The summed E-state index contributed by atoms with van der Waals surface area (Å²) in [5.41, 5.74) is 7.09. The summed E-state index contributed by atoms with van der Waals surface area (Å²) in [6.45, 7) is 9.67. The van der Waals surface area contributed by atoms with E-state index in [1.165, 1.54) is 12.1 Å². The molecule has 1 aliphatic heterocycles. The average molecular weight is 1120 g/mol. The van der Waals surface area contributed by atoms with Crippen molar-refractivity contribution in [2.45, 2.75) is 129 Å². The number of hydrogen-bond donors (Lipinski definition) is 11. The third-order valence-electron chi connectivity index (χ3n) is 11.9. The molecule has 0 fully saturated rings. The fraction of sp³-hybridized carbons (Fsp3) is 0.421. The number of amides is 8. The number of carbonyl (C=O) groups excluding carboxylic acids is 8. The number of phenolic OH excluding ortho intramolecular Hbond substituents is 2. The molecule has 0 aromatic heterocycles. The third kappa shape index (κ3) is 22.7. The lowest BCUT2D eigenvalue weighted by Gasteiger charge is -2.27. The highest BCUT2D eigenvalue weighted by Crippen LogP contribution is 2.31. The Balaban J connectivity index is 1.43. The van der Waals surface area contributed by atoms with Gasteiger partial charge in [0.15, 0.2) is 5.96 Å². The fourth-order valence-corrected chi connectivity index (χ4v) is 7.98. The minimum absolute atomic E-state index is 0.00624. The number of rotatable bonds is 19. The van der Waals surface area contributed by atoms with Gasteiger partial charge in [-0.2, -0.15) is 0 Å². The molecule has 81 heavy (non-hydrogen) atoms. The van der Waals surface area contributed by atoms with E-state index in [-0.39, 0.29) is 107 Å². The molecule has 0 aliphatic carbocycles. The molecule has 4 aromatic carbocycles. The second-order valence-electron chi connectivity index (χ2n) is 20.9. The highest BCUT2D eigenvalue weighted by molar-refractivity contribution is 5.96. The number of ether oxygens (including phenoxy) is 4. The molecule has 0 saturated heterocycles. The SMILES string of the molecule is CC(C)(C)OC(=O)NCCC[C@@H]1NC(=O)[C@@H](NC(=O)OC(C)(C)C)Cc2cc(ccc2O)-c2ccc(O)c(c2)C[C@@H](C(=O)N[C@@H](CCCN=C(N)NC(=O)OCc2ccccc2)C(=O)NCCNC(=O)OCc2ccccc2)NC1=O. The predicted molar refractivity (Wildman–Crippen MR) is 298 cm³/mol. The Kier molecular flexibility index (Phi) is 23.5. The number of nitrogens with two attached hydrogens (primary N) is 1. The largest absolute Gasteiger partial charge is 0.508 e. The van der Waals surface area contributed by atoms with Crippen LogP contribution < -0.4 is 48.3 Å². The number of guanidine groups is 1. The normalized spacial score (nSPS) is 16.0. The van der Waals surface area contributed by atoms with Gasteiger partial charge >= 0.3 is 24.4 Å². The molecule has 4 bridgehead atoms. The molecule has 24 nitrogen and oxygen atoms in total.